The van der Waals surface area contributed by atoms with E-state index in [1.807, 2.05) is 42.8 Å². The van der Waals surface area contributed by atoms with E-state index in [2.05, 4.69) is 5.32 Å². The summed E-state index contributed by atoms with van der Waals surface area (Å²) in [5.74, 6) is 0.449. The van der Waals surface area contributed by atoms with Gasteiger partial charge in [-0.05, 0) is 18.2 Å². The molecule has 2 rings (SSSR count). The predicted octanol–water partition coefficient (Wildman–Crippen LogP) is 3.14. The van der Waals surface area contributed by atoms with Crippen molar-refractivity contribution >= 4 is 23.2 Å². The summed E-state index contributed by atoms with van der Waals surface area (Å²) in [6, 6.07) is 10.6. The fourth-order valence-corrected chi connectivity index (χ4v) is 2.29. The molecule has 0 aliphatic heterocycles. The first kappa shape index (κ1) is 15.3. The zero-order chi connectivity index (χ0) is 15.4. The number of aryl methyl sites for hydroxylation is 1. The number of benzene rings is 1. The van der Waals surface area contributed by atoms with E-state index in [1.165, 1.54) is 0 Å². The number of pyridine rings is 1. The number of methoxy groups -OCH3 is 1. The topological polar surface area (TPSA) is 42.2 Å². The molecule has 0 saturated carbocycles. The lowest BCUT2D eigenvalue weighted by Gasteiger charge is -2.13. The Morgan fingerprint density at radius 2 is 2.10 bits per heavy atom. The molecule has 1 aromatic carbocycles. The van der Waals surface area contributed by atoms with Gasteiger partial charge in [-0.25, -0.2) is 0 Å². The molecule has 0 unspecified atom stereocenters. The van der Waals surface area contributed by atoms with Gasteiger partial charge in [0.2, 0.25) is 6.04 Å². The Morgan fingerprint density at radius 3 is 2.76 bits per heavy atom. The highest BCUT2D eigenvalue weighted by Gasteiger charge is 2.24. The molecule has 0 aliphatic rings. The molecule has 1 atom stereocenters. The maximum atomic E-state index is 12.4. The Bertz CT molecular complexity index is 658. The molecule has 0 radical (unpaired) electrons. The molecule has 1 amide bonds. The predicted molar refractivity (Wildman–Crippen MR) is 82.7 cm³/mol. The quantitative estimate of drug-likeness (QED) is 0.882. The SMILES string of the molecule is COc1ccc(Cl)cc1NC(=O)[C@H](C)[n+]1ccccc1C. The molecule has 110 valence electrons. The van der Waals surface area contributed by atoms with Gasteiger partial charge in [0.05, 0.1) is 12.8 Å². The smallest absolute Gasteiger partial charge is 0.293 e. The summed E-state index contributed by atoms with van der Waals surface area (Å²) in [6.45, 7) is 3.81. The van der Waals surface area contributed by atoms with E-state index in [-0.39, 0.29) is 11.9 Å². The maximum Gasteiger partial charge on any atom is 0.293 e. The fraction of sp³-hybridized carbons (Fsp3) is 0.250. The molecule has 2 aromatic rings. The minimum absolute atomic E-state index is 0.130. The summed E-state index contributed by atoms with van der Waals surface area (Å²) >= 11 is 5.97. The molecule has 5 heteroatoms. The number of carbonyl (C=O) groups excluding carboxylic acids is 1. The Morgan fingerprint density at radius 1 is 1.33 bits per heavy atom. The van der Waals surface area contributed by atoms with Crippen molar-refractivity contribution < 1.29 is 14.1 Å². The second kappa shape index (κ2) is 6.59. The third-order valence-corrected chi connectivity index (χ3v) is 3.55. The molecular weight excluding hydrogens is 288 g/mol. The van der Waals surface area contributed by atoms with E-state index in [0.717, 1.165) is 5.69 Å². The molecule has 0 fully saturated rings. The van der Waals surface area contributed by atoms with Crippen LogP contribution < -0.4 is 14.6 Å². The van der Waals surface area contributed by atoms with Crippen LogP contribution in [0, 0.1) is 6.92 Å². The van der Waals surface area contributed by atoms with E-state index in [4.69, 9.17) is 16.3 Å². The summed E-state index contributed by atoms with van der Waals surface area (Å²) in [6.07, 6.45) is 1.88. The Kier molecular flexibility index (Phi) is 4.81. The van der Waals surface area contributed by atoms with Crippen LogP contribution in [0.15, 0.2) is 42.6 Å². The van der Waals surface area contributed by atoms with E-state index in [0.29, 0.717) is 16.5 Å². The van der Waals surface area contributed by atoms with Crippen molar-refractivity contribution in [3.8, 4) is 5.75 Å². The summed E-state index contributed by atoms with van der Waals surface area (Å²) in [5, 5.41) is 3.40. The highest BCUT2D eigenvalue weighted by Crippen LogP contribution is 2.28. The number of ether oxygens (including phenoxy) is 1. The zero-order valence-electron chi connectivity index (χ0n) is 12.3. The number of aromatic nitrogens is 1. The highest BCUT2D eigenvalue weighted by molar-refractivity contribution is 6.31. The first-order valence-corrected chi connectivity index (χ1v) is 7.02. The second-order valence-corrected chi connectivity index (χ2v) is 5.20. The fourth-order valence-electron chi connectivity index (χ4n) is 2.12. The minimum Gasteiger partial charge on any atom is -0.495 e. The van der Waals surface area contributed by atoms with E-state index in [1.54, 1.807) is 25.3 Å². The largest absolute Gasteiger partial charge is 0.495 e. The van der Waals surface area contributed by atoms with Gasteiger partial charge in [-0.15, -0.1) is 0 Å². The van der Waals surface area contributed by atoms with Crippen LogP contribution in [0.2, 0.25) is 5.02 Å². The van der Waals surface area contributed by atoms with E-state index < -0.39 is 0 Å². The number of nitrogens with zero attached hydrogens (tertiary/aromatic N) is 1. The number of carbonyl (C=O) groups is 1. The van der Waals surface area contributed by atoms with Gasteiger partial charge in [-0.3, -0.25) is 4.79 Å². The number of hydrogen-bond donors (Lipinski definition) is 1. The summed E-state index contributed by atoms with van der Waals surface area (Å²) in [4.78, 5) is 12.4. The highest BCUT2D eigenvalue weighted by atomic mass is 35.5. The van der Waals surface area contributed by atoms with Crippen molar-refractivity contribution in [2.75, 3.05) is 12.4 Å². The Balaban J connectivity index is 2.22. The van der Waals surface area contributed by atoms with Gasteiger partial charge in [0.25, 0.3) is 5.91 Å². The lowest BCUT2D eigenvalue weighted by molar-refractivity contribution is -0.711. The molecule has 0 bridgehead atoms. The molecule has 4 nitrogen and oxygen atoms in total. The lowest BCUT2D eigenvalue weighted by atomic mass is 10.2. The number of anilines is 1. The molecule has 1 aromatic heterocycles. The van der Waals surface area contributed by atoms with Gasteiger partial charge < -0.3 is 10.1 Å². The van der Waals surface area contributed by atoms with Crippen molar-refractivity contribution in [1.82, 2.24) is 0 Å². The average molecular weight is 306 g/mol. The summed E-state index contributed by atoms with van der Waals surface area (Å²) in [5.41, 5.74) is 1.58. The molecule has 21 heavy (non-hydrogen) atoms. The van der Waals surface area contributed by atoms with Crippen molar-refractivity contribution in [3.05, 3.63) is 53.3 Å². The van der Waals surface area contributed by atoms with Gasteiger partial charge in [0.1, 0.15) is 5.75 Å². The first-order valence-electron chi connectivity index (χ1n) is 6.64. The van der Waals surface area contributed by atoms with Crippen LogP contribution in [0.25, 0.3) is 0 Å². The number of rotatable bonds is 4. The van der Waals surface area contributed by atoms with Crippen LogP contribution >= 0.6 is 11.6 Å². The van der Waals surface area contributed by atoms with Gasteiger partial charge in [-0.2, -0.15) is 4.57 Å². The summed E-state index contributed by atoms with van der Waals surface area (Å²) in [7, 11) is 1.55. The van der Waals surface area contributed by atoms with Gasteiger partial charge >= 0.3 is 0 Å². The first-order chi connectivity index (χ1) is 10.0. The molecule has 0 aliphatic carbocycles. The van der Waals surface area contributed by atoms with Gasteiger partial charge in [0.15, 0.2) is 11.9 Å². The van der Waals surface area contributed by atoms with Crippen molar-refractivity contribution in [2.45, 2.75) is 19.9 Å². The molecule has 1 heterocycles. The van der Waals surface area contributed by atoms with Crippen LogP contribution in [0.5, 0.6) is 5.75 Å². The monoisotopic (exact) mass is 305 g/mol. The third-order valence-electron chi connectivity index (χ3n) is 3.32. The zero-order valence-corrected chi connectivity index (χ0v) is 13.0. The van der Waals surface area contributed by atoms with Crippen molar-refractivity contribution in [3.63, 3.8) is 0 Å². The minimum atomic E-state index is -0.338. The number of nitrogens with one attached hydrogen (secondary N) is 1. The van der Waals surface area contributed by atoms with Crippen LogP contribution in [0.3, 0.4) is 0 Å². The maximum absolute atomic E-state index is 12.4. The molecule has 1 N–H and O–H groups in total. The van der Waals surface area contributed by atoms with Crippen molar-refractivity contribution in [2.24, 2.45) is 0 Å². The van der Waals surface area contributed by atoms with Crippen LogP contribution in [-0.2, 0) is 4.79 Å². The normalized spacial score (nSPS) is 11.8. The Hall–Kier alpha value is -2.07. The van der Waals surface area contributed by atoms with Crippen LogP contribution in [-0.4, -0.2) is 13.0 Å². The Labute approximate surface area is 129 Å². The van der Waals surface area contributed by atoms with E-state index >= 15 is 0 Å². The molecular formula is C16H18ClN2O2+. The van der Waals surface area contributed by atoms with Crippen LogP contribution in [0.4, 0.5) is 5.69 Å². The average Bonchev–Trinajstić information content (AvgIpc) is 2.47. The standard InChI is InChI=1S/C16H17ClN2O2/c1-11-6-4-5-9-19(11)12(2)16(20)18-14-10-13(17)7-8-15(14)21-3/h4-10,12H,1-3H3/p+1/t12-/m0/s1. The number of amides is 1. The van der Waals surface area contributed by atoms with Gasteiger partial charge in [0, 0.05) is 31.0 Å². The van der Waals surface area contributed by atoms with Gasteiger partial charge in [-0.1, -0.05) is 17.7 Å². The third kappa shape index (κ3) is 3.52. The van der Waals surface area contributed by atoms with Crippen LogP contribution in [0.1, 0.15) is 18.7 Å². The second-order valence-electron chi connectivity index (χ2n) is 4.76. The van der Waals surface area contributed by atoms with E-state index in [9.17, 15) is 4.79 Å². The number of halogens is 1. The van der Waals surface area contributed by atoms with Crippen molar-refractivity contribution in [1.29, 1.82) is 0 Å². The number of hydrogen-bond acceptors (Lipinski definition) is 2. The summed E-state index contributed by atoms with van der Waals surface area (Å²) < 4.78 is 7.14. The molecule has 0 spiro atoms. The lowest BCUT2D eigenvalue weighted by Crippen LogP contribution is -2.46. The molecule has 0 saturated heterocycles.